The van der Waals surface area contributed by atoms with Crippen molar-refractivity contribution in [2.24, 2.45) is 5.73 Å². The summed E-state index contributed by atoms with van der Waals surface area (Å²) in [6.07, 6.45) is 1.90. The van der Waals surface area contributed by atoms with Crippen LogP contribution in [-0.2, 0) is 4.74 Å². The van der Waals surface area contributed by atoms with Gasteiger partial charge in [0.25, 0.3) is 0 Å². The molecule has 0 aromatic heterocycles. The van der Waals surface area contributed by atoms with Gasteiger partial charge in [-0.05, 0) is 25.3 Å². The van der Waals surface area contributed by atoms with Gasteiger partial charge in [0.15, 0.2) is 0 Å². The molecule has 1 amide bonds. The van der Waals surface area contributed by atoms with E-state index in [1.807, 2.05) is 6.92 Å². The molecule has 0 heterocycles. The van der Waals surface area contributed by atoms with Crippen LogP contribution in [0.3, 0.4) is 0 Å². The molecule has 0 spiro atoms. The van der Waals surface area contributed by atoms with Gasteiger partial charge in [0.1, 0.15) is 5.76 Å². The normalized spacial score (nSPS) is 11.9. The molecule has 1 rings (SSSR count). The van der Waals surface area contributed by atoms with Crippen LogP contribution in [0.4, 0.5) is 0 Å². The Morgan fingerprint density at radius 3 is 2.63 bits per heavy atom. The van der Waals surface area contributed by atoms with E-state index in [0.29, 0.717) is 29.9 Å². The summed E-state index contributed by atoms with van der Waals surface area (Å²) in [7, 11) is 0. The molecule has 1 atom stereocenters. The second kappa shape index (κ2) is 7.59. The van der Waals surface area contributed by atoms with Gasteiger partial charge in [0.2, 0.25) is 5.91 Å². The Labute approximate surface area is 113 Å². The zero-order valence-electron chi connectivity index (χ0n) is 11.3. The Balaban J connectivity index is 2.52. The van der Waals surface area contributed by atoms with E-state index in [2.05, 4.69) is 6.58 Å². The summed E-state index contributed by atoms with van der Waals surface area (Å²) in [5.74, 6) is -0.0675. The van der Waals surface area contributed by atoms with Gasteiger partial charge < -0.3 is 15.6 Å². The zero-order valence-corrected chi connectivity index (χ0v) is 11.3. The number of amides is 1. The molecule has 0 radical (unpaired) electrons. The molecule has 0 aliphatic heterocycles. The number of rotatable bonds is 8. The summed E-state index contributed by atoms with van der Waals surface area (Å²) in [6.45, 7) is 6.21. The number of carbonyl (C=O) groups excluding carboxylic acids is 1. The molecule has 0 aliphatic rings. The second-order valence-corrected chi connectivity index (χ2v) is 4.39. The van der Waals surface area contributed by atoms with Gasteiger partial charge >= 0.3 is 0 Å². The van der Waals surface area contributed by atoms with Gasteiger partial charge in [-0.3, -0.25) is 4.79 Å². The number of hydrogen-bond acceptors (Lipinski definition) is 3. The van der Waals surface area contributed by atoms with E-state index in [0.717, 1.165) is 12.8 Å². The lowest BCUT2D eigenvalue weighted by Gasteiger charge is -2.12. The smallest absolute Gasteiger partial charge is 0.249 e. The maximum atomic E-state index is 11.3. The summed E-state index contributed by atoms with van der Waals surface area (Å²) in [5, 5.41) is 9.42. The Morgan fingerprint density at radius 2 is 2.05 bits per heavy atom. The van der Waals surface area contributed by atoms with Crippen LogP contribution in [-0.4, -0.2) is 23.7 Å². The minimum absolute atomic E-state index is 0.283. The molecule has 0 saturated carbocycles. The van der Waals surface area contributed by atoms with Crippen LogP contribution in [0.1, 0.15) is 42.1 Å². The Morgan fingerprint density at radius 1 is 1.42 bits per heavy atom. The summed E-state index contributed by atoms with van der Waals surface area (Å²) < 4.78 is 5.50. The van der Waals surface area contributed by atoms with Crippen molar-refractivity contribution in [2.75, 3.05) is 6.61 Å². The minimum atomic E-state index is -0.498. The largest absolute Gasteiger partial charge is 0.494 e. The fourth-order valence-corrected chi connectivity index (χ4v) is 1.74. The highest BCUT2D eigenvalue weighted by atomic mass is 16.5. The first-order valence-electron chi connectivity index (χ1n) is 6.45. The summed E-state index contributed by atoms with van der Waals surface area (Å²) >= 11 is 0. The molecule has 104 valence electrons. The summed E-state index contributed by atoms with van der Waals surface area (Å²) in [6, 6.07) is 6.95. The van der Waals surface area contributed by atoms with Gasteiger partial charge in [-0.25, -0.2) is 0 Å². The highest BCUT2D eigenvalue weighted by molar-refractivity contribution is 5.97. The molecule has 4 nitrogen and oxygen atoms in total. The Bertz CT molecular complexity index is 443. The highest BCUT2D eigenvalue weighted by Crippen LogP contribution is 2.19. The van der Waals surface area contributed by atoms with E-state index in [9.17, 15) is 9.90 Å². The molecule has 19 heavy (non-hydrogen) atoms. The molecular formula is C15H21NO3. The quantitative estimate of drug-likeness (QED) is 0.558. The summed E-state index contributed by atoms with van der Waals surface area (Å²) in [4.78, 5) is 11.3. The van der Waals surface area contributed by atoms with E-state index >= 15 is 0 Å². The first-order valence-corrected chi connectivity index (χ1v) is 6.45. The van der Waals surface area contributed by atoms with Gasteiger partial charge in [-0.1, -0.05) is 31.7 Å². The SMILES string of the molecule is C=C(OCCCC(O)CC)c1ccccc1C(N)=O. The third kappa shape index (κ3) is 4.75. The maximum Gasteiger partial charge on any atom is 0.249 e. The monoisotopic (exact) mass is 263 g/mol. The molecule has 1 aromatic rings. The van der Waals surface area contributed by atoms with Crippen molar-refractivity contribution in [3.8, 4) is 0 Å². The first kappa shape index (κ1) is 15.2. The fourth-order valence-electron chi connectivity index (χ4n) is 1.74. The summed E-state index contributed by atoms with van der Waals surface area (Å²) in [5.41, 5.74) is 6.32. The number of benzene rings is 1. The van der Waals surface area contributed by atoms with Crippen molar-refractivity contribution < 1.29 is 14.6 Å². The molecule has 0 saturated heterocycles. The number of aliphatic hydroxyl groups is 1. The molecular weight excluding hydrogens is 242 g/mol. The third-order valence-electron chi connectivity index (χ3n) is 2.92. The van der Waals surface area contributed by atoms with Gasteiger partial charge in [-0.2, -0.15) is 0 Å². The average molecular weight is 263 g/mol. The number of carbonyl (C=O) groups is 1. The topological polar surface area (TPSA) is 72.6 Å². The second-order valence-electron chi connectivity index (χ2n) is 4.39. The predicted molar refractivity (Wildman–Crippen MR) is 75.5 cm³/mol. The first-order chi connectivity index (χ1) is 9.06. The standard InChI is InChI=1S/C15H21NO3/c1-3-12(17)7-6-10-19-11(2)13-8-4-5-9-14(13)15(16)18/h4-5,8-9,12,17H,2-3,6-7,10H2,1H3,(H2,16,18). The van der Waals surface area contributed by atoms with Crippen molar-refractivity contribution >= 4 is 11.7 Å². The predicted octanol–water partition coefficient (Wildman–Crippen LogP) is 2.32. The maximum absolute atomic E-state index is 11.3. The van der Waals surface area contributed by atoms with Crippen molar-refractivity contribution in [3.63, 3.8) is 0 Å². The van der Waals surface area contributed by atoms with Crippen LogP contribution in [0.2, 0.25) is 0 Å². The molecule has 4 heteroatoms. The van der Waals surface area contributed by atoms with E-state index in [-0.39, 0.29) is 6.10 Å². The number of hydrogen-bond donors (Lipinski definition) is 2. The minimum Gasteiger partial charge on any atom is -0.494 e. The van der Waals surface area contributed by atoms with Gasteiger partial charge in [-0.15, -0.1) is 0 Å². The van der Waals surface area contributed by atoms with Crippen molar-refractivity contribution in [1.29, 1.82) is 0 Å². The molecule has 1 unspecified atom stereocenters. The van der Waals surface area contributed by atoms with Crippen LogP contribution >= 0.6 is 0 Å². The van der Waals surface area contributed by atoms with Crippen LogP contribution in [0.5, 0.6) is 0 Å². The van der Waals surface area contributed by atoms with Crippen LogP contribution < -0.4 is 5.73 Å². The lowest BCUT2D eigenvalue weighted by molar-refractivity contribution is 0.0999. The zero-order chi connectivity index (χ0) is 14.3. The van der Waals surface area contributed by atoms with Crippen molar-refractivity contribution in [3.05, 3.63) is 42.0 Å². The number of primary amides is 1. The van der Waals surface area contributed by atoms with Gasteiger partial charge in [0.05, 0.1) is 18.3 Å². The van der Waals surface area contributed by atoms with E-state index < -0.39 is 5.91 Å². The van der Waals surface area contributed by atoms with E-state index in [1.165, 1.54) is 0 Å². The number of ether oxygens (including phenoxy) is 1. The molecule has 0 aliphatic carbocycles. The number of aliphatic hydroxyl groups excluding tert-OH is 1. The lowest BCUT2D eigenvalue weighted by atomic mass is 10.1. The van der Waals surface area contributed by atoms with Gasteiger partial charge in [0, 0.05) is 5.56 Å². The van der Waals surface area contributed by atoms with Crippen molar-refractivity contribution in [1.82, 2.24) is 0 Å². The van der Waals surface area contributed by atoms with E-state index in [4.69, 9.17) is 10.5 Å². The molecule has 0 fully saturated rings. The highest BCUT2D eigenvalue weighted by Gasteiger charge is 2.10. The lowest BCUT2D eigenvalue weighted by Crippen LogP contribution is -2.14. The van der Waals surface area contributed by atoms with Crippen LogP contribution in [0.15, 0.2) is 30.8 Å². The number of nitrogens with two attached hydrogens (primary N) is 1. The Hall–Kier alpha value is -1.81. The molecule has 3 N–H and O–H groups in total. The van der Waals surface area contributed by atoms with E-state index in [1.54, 1.807) is 24.3 Å². The van der Waals surface area contributed by atoms with Crippen LogP contribution in [0.25, 0.3) is 5.76 Å². The van der Waals surface area contributed by atoms with Crippen LogP contribution in [0, 0.1) is 0 Å². The molecule has 1 aromatic carbocycles. The Kier molecular flexibility index (Phi) is 6.09. The average Bonchev–Trinajstić information content (AvgIpc) is 2.42. The molecule has 0 bridgehead atoms. The third-order valence-corrected chi connectivity index (χ3v) is 2.92. The fraction of sp³-hybridized carbons (Fsp3) is 0.400. The van der Waals surface area contributed by atoms with Crippen molar-refractivity contribution in [2.45, 2.75) is 32.3 Å².